The molecular formula is C20H23N3O5. The van der Waals surface area contributed by atoms with Gasteiger partial charge in [-0.15, -0.1) is 0 Å². The number of carbonyl (C=O) groups excluding carboxylic acids is 3. The van der Waals surface area contributed by atoms with Crippen molar-refractivity contribution in [2.24, 2.45) is 0 Å². The van der Waals surface area contributed by atoms with Gasteiger partial charge in [0.05, 0.1) is 12.8 Å². The van der Waals surface area contributed by atoms with E-state index < -0.39 is 24.0 Å². The average Bonchev–Trinajstić information content (AvgIpc) is 3.37. The molecule has 1 aliphatic rings. The maximum Gasteiger partial charge on any atom is 0.331 e. The number of furan rings is 1. The van der Waals surface area contributed by atoms with Gasteiger partial charge in [-0.3, -0.25) is 9.69 Å². The van der Waals surface area contributed by atoms with Crippen LogP contribution >= 0.6 is 0 Å². The van der Waals surface area contributed by atoms with Crippen LogP contribution in [0.25, 0.3) is 6.08 Å². The third kappa shape index (κ3) is 4.16. The van der Waals surface area contributed by atoms with Gasteiger partial charge in [0.25, 0.3) is 5.91 Å². The smallest absolute Gasteiger partial charge is 0.331 e. The predicted molar refractivity (Wildman–Crippen MR) is 101 cm³/mol. The van der Waals surface area contributed by atoms with Crippen LogP contribution in [0, 0.1) is 13.8 Å². The van der Waals surface area contributed by atoms with E-state index in [1.807, 2.05) is 32.0 Å². The van der Waals surface area contributed by atoms with Crippen LogP contribution in [-0.4, -0.2) is 46.6 Å². The van der Waals surface area contributed by atoms with E-state index in [0.717, 1.165) is 27.6 Å². The normalized spacial score (nSPS) is 15.1. The largest absolute Gasteiger partial charge is 0.467 e. The Bertz CT molecular complexity index is 911. The molecule has 28 heavy (non-hydrogen) atoms. The van der Waals surface area contributed by atoms with E-state index in [0.29, 0.717) is 13.1 Å². The Morgan fingerprint density at radius 2 is 2.18 bits per heavy atom. The molecule has 0 aromatic carbocycles. The summed E-state index contributed by atoms with van der Waals surface area (Å²) in [6, 6.07) is 5.25. The van der Waals surface area contributed by atoms with Gasteiger partial charge in [-0.1, -0.05) is 0 Å². The van der Waals surface area contributed by atoms with Gasteiger partial charge in [0, 0.05) is 30.6 Å². The molecule has 0 unspecified atom stereocenters. The number of ether oxygens (including phenoxy) is 1. The molecule has 3 amide bonds. The van der Waals surface area contributed by atoms with Crippen molar-refractivity contribution in [3.8, 4) is 0 Å². The average molecular weight is 385 g/mol. The molecule has 1 saturated heterocycles. The molecule has 1 fully saturated rings. The standard InChI is InChI=1S/C20H23N3O5/c1-13-11-16(14(2)23(13)12-17-5-4-10-27-17)6-7-18(24)28-15(3)19(25)22-9-8-21-20(22)26/h4-7,10-11,15H,8-9,12H2,1-3H3,(H,21,26)/b7-6+/t15-/m1/s1. The number of nitrogens with one attached hydrogen (secondary N) is 1. The summed E-state index contributed by atoms with van der Waals surface area (Å²) >= 11 is 0. The molecule has 0 spiro atoms. The summed E-state index contributed by atoms with van der Waals surface area (Å²) in [4.78, 5) is 36.8. The molecule has 2 aromatic rings. The number of carbonyl (C=O) groups is 3. The molecule has 0 radical (unpaired) electrons. The fraction of sp³-hybridized carbons (Fsp3) is 0.350. The Hall–Kier alpha value is -3.29. The lowest BCUT2D eigenvalue weighted by Gasteiger charge is -2.17. The fourth-order valence-electron chi connectivity index (χ4n) is 3.12. The molecule has 0 saturated carbocycles. The molecule has 8 nitrogen and oxygen atoms in total. The first-order valence-electron chi connectivity index (χ1n) is 9.04. The summed E-state index contributed by atoms with van der Waals surface area (Å²) in [6.45, 7) is 6.67. The van der Waals surface area contributed by atoms with E-state index in [9.17, 15) is 14.4 Å². The summed E-state index contributed by atoms with van der Waals surface area (Å²) in [7, 11) is 0. The van der Waals surface area contributed by atoms with Gasteiger partial charge < -0.3 is 19.0 Å². The second-order valence-corrected chi connectivity index (χ2v) is 6.63. The molecule has 8 heteroatoms. The molecule has 0 aliphatic carbocycles. The van der Waals surface area contributed by atoms with Gasteiger partial charge in [0.1, 0.15) is 5.76 Å². The van der Waals surface area contributed by atoms with Crippen molar-refractivity contribution in [2.75, 3.05) is 13.1 Å². The molecular weight excluding hydrogens is 362 g/mol. The molecule has 2 aromatic heterocycles. The number of rotatable bonds is 6. The van der Waals surface area contributed by atoms with Crippen molar-refractivity contribution in [2.45, 2.75) is 33.4 Å². The van der Waals surface area contributed by atoms with Gasteiger partial charge in [0.15, 0.2) is 6.10 Å². The highest BCUT2D eigenvalue weighted by Crippen LogP contribution is 2.19. The highest BCUT2D eigenvalue weighted by atomic mass is 16.5. The lowest BCUT2D eigenvalue weighted by atomic mass is 10.2. The Labute approximate surface area is 162 Å². The van der Waals surface area contributed by atoms with Gasteiger partial charge in [-0.05, 0) is 50.6 Å². The number of urea groups is 1. The van der Waals surface area contributed by atoms with Crippen LogP contribution in [0.3, 0.4) is 0 Å². The third-order valence-electron chi connectivity index (χ3n) is 4.67. The van der Waals surface area contributed by atoms with E-state index >= 15 is 0 Å². The molecule has 1 atom stereocenters. The zero-order valence-corrected chi connectivity index (χ0v) is 16.1. The fourth-order valence-corrected chi connectivity index (χ4v) is 3.12. The summed E-state index contributed by atoms with van der Waals surface area (Å²) in [6.07, 6.45) is 3.54. The Morgan fingerprint density at radius 1 is 1.39 bits per heavy atom. The Morgan fingerprint density at radius 3 is 2.82 bits per heavy atom. The van der Waals surface area contributed by atoms with E-state index in [4.69, 9.17) is 9.15 Å². The van der Waals surface area contributed by atoms with Crippen molar-refractivity contribution in [1.82, 2.24) is 14.8 Å². The second-order valence-electron chi connectivity index (χ2n) is 6.63. The molecule has 0 bridgehead atoms. The molecule has 3 rings (SSSR count). The van der Waals surface area contributed by atoms with Gasteiger partial charge in [0.2, 0.25) is 0 Å². The zero-order valence-electron chi connectivity index (χ0n) is 16.1. The van der Waals surface area contributed by atoms with Gasteiger partial charge in [-0.2, -0.15) is 0 Å². The molecule has 3 heterocycles. The van der Waals surface area contributed by atoms with Crippen LogP contribution in [0.4, 0.5) is 4.79 Å². The zero-order chi connectivity index (χ0) is 20.3. The van der Waals surface area contributed by atoms with Crippen LogP contribution in [-0.2, 0) is 20.9 Å². The molecule has 1 aliphatic heterocycles. The minimum absolute atomic E-state index is 0.275. The van der Waals surface area contributed by atoms with Crippen molar-refractivity contribution in [3.63, 3.8) is 0 Å². The van der Waals surface area contributed by atoms with E-state index in [1.165, 1.54) is 13.0 Å². The first-order valence-corrected chi connectivity index (χ1v) is 9.04. The van der Waals surface area contributed by atoms with Crippen LogP contribution < -0.4 is 5.32 Å². The Kier molecular flexibility index (Phi) is 5.67. The highest BCUT2D eigenvalue weighted by molar-refractivity contribution is 5.99. The predicted octanol–water partition coefficient (Wildman–Crippen LogP) is 2.24. The Balaban J connectivity index is 1.62. The highest BCUT2D eigenvalue weighted by Gasteiger charge is 2.31. The van der Waals surface area contributed by atoms with Crippen LogP contribution in [0.5, 0.6) is 0 Å². The number of hydrogen-bond donors (Lipinski definition) is 1. The lowest BCUT2D eigenvalue weighted by Crippen LogP contribution is -2.41. The summed E-state index contributed by atoms with van der Waals surface area (Å²) in [5.74, 6) is -0.334. The van der Waals surface area contributed by atoms with Gasteiger partial charge >= 0.3 is 12.0 Å². The number of aryl methyl sites for hydroxylation is 1. The summed E-state index contributed by atoms with van der Waals surface area (Å²) in [5, 5.41) is 2.54. The van der Waals surface area contributed by atoms with Crippen molar-refractivity contribution in [1.29, 1.82) is 0 Å². The quantitative estimate of drug-likeness (QED) is 0.608. The van der Waals surface area contributed by atoms with Crippen molar-refractivity contribution < 1.29 is 23.5 Å². The minimum atomic E-state index is -1.03. The number of nitrogens with zero attached hydrogens (tertiary/aromatic N) is 2. The summed E-state index contributed by atoms with van der Waals surface area (Å²) in [5.41, 5.74) is 2.89. The van der Waals surface area contributed by atoms with Crippen LogP contribution in [0.15, 0.2) is 35.0 Å². The van der Waals surface area contributed by atoms with E-state index in [-0.39, 0.29) is 6.54 Å². The van der Waals surface area contributed by atoms with Crippen molar-refractivity contribution >= 4 is 24.0 Å². The van der Waals surface area contributed by atoms with E-state index in [1.54, 1.807) is 12.3 Å². The molecule has 148 valence electrons. The van der Waals surface area contributed by atoms with Crippen LogP contribution in [0.1, 0.15) is 29.6 Å². The number of aromatic nitrogens is 1. The number of amides is 3. The van der Waals surface area contributed by atoms with Crippen molar-refractivity contribution in [3.05, 3.63) is 53.2 Å². The van der Waals surface area contributed by atoms with Gasteiger partial charge in [-0.25, -0.2) is 9.59 Å². The first-order chi connectivity index (χ1) is 13.4. The maximum atomic E-state index is 12.2. The first kappa shape index (κ1) is 19.5. The van der Waals surface area contributed by atoms with E-state index in [2.05, 4.69) is 9.88 Å². The number of hydrogen-bond acceptors (Lipinski definition) is 5. The maximum absolute atomic E-state index is 12.2. The number of esters is 1. The van der Waals surface area contributed by atoms with Crippen LogP contribution in [0.2, 0.25) is 0 Å². The monoisotopic (exact) mass is 385 g/mol. The molecule has 1 N–H and O–H groups in total. The third-order valence-corrected chi connectivity index (χ3v) is 4.67. The lowest BCUT2D eigenvalue weighted by molar-refractivity contribution is -0.153. The minimum Gasteiger partial charge on any atom is -0.467 e. The topological polar surface area (TPSA) is 93.8 Å². The number of imide groups is 1. The summed E-state index contributed by atoms with van der Waals surface area (Å²) < 4.78 is 12.6. The SMILES string of the molecule is Cc1cc(/C=C/C(=O)O[C@H](C)C(=O)N2CCNC2=O)c(C)n1Cc1ccco1. The second kappa shape index (κ2) is 8.16.